The van der Waals surface area contributed by atoms with Crippen molar-refractivity contribution in [1.29, 1.82) is 0 Å². The summed E-state index contributed by atoms with van der Waals surface area (Å²) in [4.78, 5) is 7.54. The van der Waals surface area contributed by atoms with Crippen LogP contribution in [-0.4, -0.2) is 11.5 Å². The smallest absolute Gasteiger partial charge is 0.0730 e. The van der Waals surface area contributed by atoms with Crippen LogP contribution in [0.1, 0.15) is 5.56 Å². The lowest BCUT2D eigenvalue weighted by atomic mass is 10.1. The first kappa shape index (κ1) is 15.9. The van der Waals surface area contributed by atoms with E-state index in [9.17, 15) is 0 Å². The molecule has 0 saturated heterocycles. The van der Waals surface area contributed by atoms with E-state index in [1.54, 1.807) is 0 Å². The Hall–Kier alpha value is -3.56. The zero-order valence-electron chi connectivity index (χ0n) is 14.1. The van der Waals surface area contributed by atoms with Crippen LogP contribution >= 0.6 is 0 Å². The molecule has 0 aliphatic rings. The standard InChI is InChI=1S/C21H17N5/c22-26-23-14-13-15-9-11-16(12-10-15)24-21-17-5-1-3-7-19(17)25-20-8-4-2-6-18(20)21/h1-12H,13-14H2,(H,24,25). The van der Waals surface area contributed by atoms with Gasteiger partial charge in [0.05, 0.1) is 16.7 Å². The van der Waals surface area contributed by atoms with E-state index in [0.717, 1.165) is 45.2 Å². The summed E-state index contributed by atoms with van der Waals surface area (Å²) < 4.78 is 0. The SMILES string of the molecule is [N-]=[N+]=NCCc1ccc(Nc2c3ccccc3nc3ccccc23)cc1. The largest absolute Gasteiger partial charge is 0.354 e. The quantitative estimate of drug-likeness (QED) is 0.210. The van der Waals surface area contributed by atoms with Crippen molar-refractivity contribution in [2.45, 2.75) is 6.42 Å². The van der Waals surface area contributed by atoms with Crippen molar-refractivity contribution in [1.82, 2.24) is 4.98 Å². The van der Waals surface area contributed by atoms with E-state index in [-0.39, 0.29) is 0 Å². The molecule has 0 bridgehead atoms. The van der Waals surface area contributed by atoms with Gasteiger partial charge in [-0.2, -0.15) is 0 Å². The zero-order valence-corrected chi connectivity index (χ0v) is 14.1. The molecular formula is C21H17N5. The number of benzene rings is 3. The average molecular weight is 339 g/mol. The van der Waals surface area contributed by atoms with Gasteiger partial charge >= 0.3 is 0 Å². The maximum absolute atomic E-state index is 8.37. The summed E-state index contributed by atoms with van der Waals surface area (Å²) in [6.45, 7) is 0.475. The molecular weight excluding hydrogens is 322 g/mol. The molecule has 5 heteroatoms. The second-order valence-electron chi connectivity index (χ2n) is 6.05. The summed E-state index contributed by atoms with van der Waals surface area (Å²) in [5, 5.41) is 9.34. The Balaban J connectivity index is 1.72. The predicted octanol–water partition coefficient (Wildman–Crippen LogP) is 5.98. The molecule has 0 aliphatic carbocycles. The van der Waals surface area contributed by atoms with Crippen LogP contribution in [0, 0.1) is 0 Å². The van der Waals surface area contributed by atoms with E-state index in [1.807, 2.05) is 36.4 Å². The molecule has 26 heavy (non-hydrogen) atoms. The van der Waals surface area contributed by atoms with Gasteiger partial charge in [0, 0.05) is 27.9 Å². The van der Waals surface area contributed by atoms with Gasteiger partial charge < -0.3 is 5.32 Å². The Morgan fingerprint density at radius 2 is 1.46 bits per heavy atom. The minimum Gasteiger partial charge on any atom is -0.354 e. The van der Waals surface area contributed by atoms with Crippen LogP contribution in [-0.2, 0) is 6.42 Å². The summed E-state index contributed by atoms with van der Waals surface area (Å²) in [5.41, 5.74) is 13.5. The number of azide groups is 1. The third-order valence-electron chi connectivity index (χ3n) is 4.37. The van der Waals surface area contributed by atoms with Crippen LogP contribution in [0.3, 0.4) is 0 Å². The molecule has 0 amide bonds. The second kappa shape index (κ2) is 7.13. The minimum absolute atomic E-state index is 0.475. The molecule has 0 spiro atoms. The van der Waals surface area contributed by atoms with Crippen molar-refractivity contribution in [3.8, 4) is 0 Å². The number of fused-ring (bicyclic) bond motifs is 2. The van der Waals surface area contributed by atoms with Gasteiger partial charge in [-0.3, -0.25) is 0 Å². The van der Waals surface area contributed by atoms with Crippen molar-refractivity contribution in [2.24, 2.45) is 5.11 Å². The van der Waals surface area contributed by atoms with Crippen molar-refractivity contribution in [3.05, 3.63) is 88.8 Å². The molecule has 3 aromatic carbocycles. The van der Waals surface area contributed by atoms with Crippen molar-refractivity contribution >= 4 is 33.2 Å². The minimum atomic E-state index is 0.475. The topological polar surface area (TPSA) is 73.7 Å². The molecule has 1 N–H and O–H groups in total. The first-order chi connectivity index (χ1) is 12.8. The van der Waals surface area contributed by atoms with Crippen molar-refractivity contribution < 1.29 is 0 Å². The maximum Gasteiger partial charge on any atom is 0.0730 e. The van der Waals surface area contributed by atoms with Crippen LogP contribution in [0.4, 0.5) is 11.4 Å². The van der Waals surface area contributed by atoms with Gasteiger partial charge in [0.25, 0.3) is 0 Å². The molecule has 0 atom stereocenters. The summed E-state index contributed by atoms with van der Waals surface area (Å²) in [6.07, 6.45) is 0.742. The van der Waals surface area contributed by atoms with Crippen molar-refractivity contribution in [2.75, 3.05) is 11.9 Å². The fourth-order valence-corrected chi connectivity index (χ4v) is 3.10. The van der Waals surface area contributed by atoms with Gasteiger partial charge in [-0.05, 0) is 41.8 Å². The molecule has 0 fully saturated rings. The van der Waals surface area contributed by atoms with E-state index in [1.165, 1.54) is 0 Å². The number of aromatic nitrogens is 1. The molecule has 4 rings (SSSR count). The summed E-state index contributed by atoms with van der Waals surface area (Å²) in [6, 6.07) is 24.5. The lowest BCUT2D eigenvalue weighted by Crippen LogP contribution is -1.96. The van der Waals surface area contributed by atoms with Gasteiger partial charge in [0.15, 0.2) is 0 Å². The lowest BCUT2D eigenvalue weighted by molar-refractivity contribution is 0.956. The van der Waals surface area contributed by atoms with Gasteiger partial charge in [0.2, 0.25) is 0 Å². The molecule has 5 nitrogen and oxygen atoms in total. The zero-order chi connectivity index (χ0) is 17.8. The van der Waals surface area contributed by atoms with E-state index in [4.69, 9.17) is 10.5 Å². The molecule has 0 radical (unpaired) electrons. The lowest BCUT2D eigenvalue weighted by Gasteiger charge is -2.13. The number of para-hydroxylation sites is 2. The fourth-order valence-electron chi connectivity index (χ4n) is 3.10. The molecule has 0 unspecified atom stereocenters. The van der Waals surface area contributed by atoms with Crippen LogP contribution in [0.25, 0.3) is 32.2 Å². The van der Waals surface area contributed by atoms with Crippen molar-refractivity contribution in [3.63, 3.8) is 0 Å². The summed E-state index contributed by atoms with van der Waals surface area (Å²) >= 11 is 0. The Morgan fingerprint density at radius 1 is 0.846 bits per heavy atom. The van der Waals surface area contributed by atoms with E-state index >= 15 is 0 Å². The molecule has 1 aromatic heterocycles. The monoisotopic (exact) mass is 339 g/mol. The fraction of sp³-hybridized carbons (Fsp3) is 0.0952. The van der Waals surface area contributed by atoms with Crippen LogP contribution in [0.2, 0.25) is 0 Å². The molecule has 126 valence electrons. The van der Waals surface area contributed by atoms with E-state index in [0.29, 0.717) is 6.54 Å². The number of hydrogen-bond donors (Lipinski definition) is 1. The molecule has 4 aromatic rings. The second-order valence-corrected chi connectivity index (χ2v) is 6.05. The Labute approximate surface area is 150 Å². The number of pyridine rings is 1. The number of anilines is 2. The first-order valence-corrected chi connectivity index (χ1v) is 8.49. The highest BCUT2D eigenvalue weighted by molar-refractivity contribution is 6.08. The molecule has 0 saturated carbocycles. The molecule has 0 aliphatic heterocycles. The normalized spacial score (nSPS) is 10.6. The highest BCUT2D eigenvalue weighted by Gasteiger charge is 2.08. The predicted molar refractivity (Wildman–Crippen MR) is 107 cm³/mol. The van der Waals surface area contributed by atoms with Gasteiger partial charge in [-0.15, -0.1) is 0 Å². The van der Waals surface area contributed by atoms with Crippen LogP contribution in [0.15, 0.2) is 77.9 Å². The van der Waals surface area contributed by atoms with E-state index in [2.05, 4.69) is 51.7 Å². The number of nitrogens with zero attached hydrogens (tertiary/aromatic N) is 4. The van der Waals surface area contributed by atoms with Crippen LogP contribution < -0.4 is 5.32 Å². The summed E-state index contributed by atoms with van der Waals surface area (Å²) in [7, 11) is 0. The third-order valence-corrected chi connectivity index (χ3v) is 4.37. The number of rotatable bonds is 5. The van der Waals surface area contributed by atoms with Gasteiger partial charge in [-0.25, -0.2) is 4.98 Å². The highest BCUT2D eigenvalue weighted by atomic mass is 15.1. The van der Waals surface area contributed by atoms with Crippen LogP contribution in [0.5, 0.6) is 0 Å². The summed E-state index contributed by atoms with van der Waals surface area (Å²) in [5.74, 6) is 0. The Morgan fingerprint density at radius 3 is 2.08 bits per heavy atom. The number of nitrogens with one attached hydrogen (secondary N) is 1. The Bertz CT molecular complexity index is 1060. The van der Waals surface area contributed by atoms with E-state index < -0.39 is 0 Å². The Kier molecular flexibility index (Phi) is 4.37. The molecule has 1 heterocycles. The van der Waals surface area contributed by atoms with Gasteiger partial charge in [-0.1, -0.05) is 53.6 Å². The van der Waals surface area contributed by atoms with Gasteiger partial charge in [0.1, 0.15) is 0 Å². The maximum atomic E-state index is 8.37. The number of hydrogen-bond acceptors (Lipinski definition) is 3. The average Bonchev–Trinajstić information content (AvgIpc) is 2.69. The first-order valence-electron chi connectivity index (χ1n) is 8.49. The third kappa shape index (κ3) is 3.16. The highest BCUT2D eigenvalue weighted by Crippen LogP contribution is 2.32.